The summed E-state index contributed by atoms with van der Waals surface area (Å²) >= 11 is 0. The van der Waals surface area contributed by atoms with E-state index in [4.69, 9.17) is 0 Å². The van der Waals surface area contributed by atoms with E-state index in [0.29, 0.717) is 0 Å². The van der Waals surface area contributed by atoms with Crippen molar-refractivity contribution in [3.63, 3.8) is 0 Å². The Labute approximate surface area is 153 Å². The molecule has 4 aliphatic carbocycles. The first kappa shape index (κ1) is 17.5. The zero-order chi connectivity index (χ0) is 16.4. The van der Waals surface area contributed by atoms with Gasteiger partial charge in [-0.1, -0.05) is 51.4 Å². The van der Waals surface area contributed by atoms with Gasteiger partial charge in [0.1, 0.15) is 0 Å². The van der Waals surface area contributed by atoms with Crippen molar-refractivity contribution in [2.75, 3.05) is 0 Å². The molecule has 0 N–H and O–H groups in total. The maximum absolute atomic E-state index is 3.13. The first-order valence-corrected chi connectivity index (χ1v) is 12.5. The molecule has 0 unspecified atom stereocenters. The Balaban J connectivity index is 1.55. The summed E-state index contributed by atoms with van der Waals surface area (Å²) in [7, 11) is 1.35. The Morgan fingerprint density at radius 3 is 0.875 bits per heavy atom. The van der Waals surface area contributed by atoms with Crippen LogP contribution in [0.1, 0.15) is 103 Å². The highest BCUT2D eigenvalue weighted by atomic mass is 28.1. The van der Waals surface area contributed by atoms with Gasteiger partial charge in [-0.05, 0) is 51.4 Å². The Morgan fingerprint density at radius 1 is 0.458 bits per heavy atom. The number of nitrogens with zero attached hydrogens (tertiary/aromatic N) is 2. The van der Waals surface area contributed by atoms with Crippen LogP contribution in [0, 0.1) is 0 Å². The predicted octanol–water partition coefficient (Wildman–Crippen LogP) is 4.01. The molecule has 0 saturated heterocycles. The molecule has 0 aromatic carbocycles. The van der Waals surface area contributed by atoms with E-state index < -0.39 is 0 Å². The van der Waals surface area contributed by atoms with Crippen molar-refractivity contribution in [3.05, 3.63) is 0 Å². The monoisotopic (exact) mass is 348 g/mol. The van der Waals surface area contributed by atoms with Gasteiger partial charge in [0.2, 0.25) is 0 Å². The minimum atomic E-state index is 0.836. The van der Waals surface area contributed by atoms with E-state index in [1.165, 1.54) is 113 Å². The lowest BCUT2D eigenvalue weighted by Crippen LogP contribution is -2.60. The summed E-state index contributed by atoms with van der Waals surface area (Å²) in [6.45, 7) is 0. The van der Waals surface area contributed by atoms with E-state index >= 15 is 0 Å². The van der Waals surface area contributed by atoms with E-state index in [9.17, 15) is 0 Å². The largest absolute Gasteiger partial charge is 0.286 e. The van der Waals surface area contributed by atoms with Gasteiger partial charge in [0, 0.05) is 40.2 Å². The molecule has 0 aliphatic heterocycles. The third kappa shape index (κ3) is 3.64. The topological polar surface area (TPSA) is 6.48 Å². The summed E-state index contributed by atoms with van der Waals surface area (Å²) < 4.78 is 0. The Bertz CT molecular complexity index is 309. The van der Waals surface area contributed by atoms with Crippen molar-refractivity contribution in [2.45, 2.75) is 133 Å². The minimum absolute atomic E-state index is 0.836. The molecule has 0 atom stereocenters. The maximum atomic E-state index is 3.13. The molecule has 4 saturated carbocycles. The highest BCUT2D eigenvalue weighted by Crippen LogP contribution is 2.38. The molecule has 4 fully saturated rings. The first-order valence-electron chi connectivity index (χ1n) is 11.4. The average molecular weight is 349 g/mol. The van der Waals surface area contributed by atoms with Crippen LogP contribution in [-0.2, 0) is 0 Å². The summed E-state index contributed by atoms with van der Waals surface area (Å²) in [6, 6.07) is 3.73. The second-order valence-corrected chi connectivity index (χ2v) is 10.3. The molecule has 0 spiro atoms. The molecule has 4 aliphatic rings. The zero-order valence-electron chi connectivity index (χ0n) is 16.1. The van der Waals surface area contributed by atoms with Crippen molar-refractivity contribution in [1.82, 2.24) is 9.80 Å². The van der Waals surface area contributed by atoms with Crippen LogP contribution in [0.4, 0.5) is 0 Å². The molecule has 24 heavy (non-hydrogen) atoms. The zero-order valence-corrected chi connectivity index (χ0v) is 18.1. The molecule has 3 heteroatoms. The number of hydrogen-bond acceptors (Lipinski definition) is 2. The van der Waals surface area contributed by atoms with E-state index in [-0.39, 0.29) is 0 Å². The van der Waals surface area contributed by atoms with Gasteiger partial charge < -0.3 is 0 Å². The first-order chi connectivity index (χ1) is 11.8. The fourth-order valence-electron chi connectivity index (χ4n) is 6.78. The molecule has 4 rings (SSSR count). The highest BCUT2D eigenvalue weighted by Gasteiger charge is 2.41. The minimum Gasteiger partial charge on any atom is -0.286 e. The Hall–Kier alpha value is 0.137. The standard InChI is InChI=1S/C21H40N2Si/c24-21(22(17-9-1-2-10-17)18-11-3-4-12-18)23(19-13-5-6-14-19)20-15-7-8-16-20/h17-21H,1-16H2,24H3. The molecule has 2 nitrogen and oxygen atoms in total. The van der Waals surface area contributed by atoms with Crippen LogP contribution in [0.2, 0.25) is 0 Å². The predicted molar refractivity (Wildman–Crippen MR) is 106 cm³/mol. The summed E-state index contributed by atoms with van der Waals surface area (Å²) in [5.74, 6) is 0.836. The van der Waals surface area contributed by atoms with Crippen LogP contribution >= 0.6 is 0 Å². The number of rotatable bonds is 6. The molecule has 0 amide bonds. The van der Waals surface area contributed by atoms with Gasteiger partial charge in [-0.25, -0.2) is 0 Å². The quantitative estimate of drug-likeness (QED) is 0.528. The second kappa shape index (κ2) is 8.22. The molecular formula is C21H40N2Si. The lowest BCUT2D eigenvalue weighted by Gasteiger charge is -2.49. The number of hydrogen-bond donors (Lipinski definition) is 0. The maximum Gasteiger partial charge on any atom is 0.0429 e. The van der Waals surface area contributed by atoms with Crippen LogP contribution in [0.15, 0.2) is 0 Å². The highest BCUT2D eigenvalue weighted by molar-refractivity contribution is 6.11. The van der Waals surface area contributed by atoms with Crippen molar-refractivity contribution >= 4 is 10.2 Å². The third-order valence-corrected chi connectivity index (χ3v) is 9.04. The molecule has 0 bridgehead atoms. The molecule has 0 aromatic heterocycles. The molecule has 0 heterocycles. The third-order valence-electron chi connectivity index (χ3n) is 7.85. The van der Waals surface area contributed by atoms with E-state index in [1.807, 2.05) is 0 Å². The summed E-state index contributed by atoms with van der Waals surface area (Å²) in [5.41, 5.74) is 0. The van der Waals surface area contributed by atoms with Gasteiger partial charge in [0.05, 0.1) is 0 Å². The lowest BCUT2D eigenvalue weighted by atomic mass is 10.1. The normalized spacial score (nSPS) is 28.6. The van der Waals surface area contributed by atoms with Crippen LogP contribution in [0.5, 0.6) is 0 Å². The van der Waals surface area contributed by atoms with Crippen molar-refractivity contribution < 1.29 is 0 Å². The van der Waals surface area contributed by atoms with E-state index in [1.54, 1.807) is 0 Å². The molecule has 0 radical (unpaired) electrons. The smallest absolute Gasteiger partial charge is 0.0429 e. The van der Waals surface area contributed by atoms with Crippen molar-refractivity contribution in [2.24, 2.45) is 0 Å². The summed E-state index contributed by atoms with van der Waals surface area (Å²) in [6.07, 6.45) is 23.9. The van der Waals surface area contributed by atoms with Crippen LogP contribution < -0.4 is 0 Å². The van der Waals surface area contributed by atoms with Gasteiger partial charge in [-0.3, -0.25) is 9.80 Å². The summed E-state index contributed by atoms with van der Waals surface area (Å²) in [5, 5.41) is 0. The Kier molecular flexibility index (Phi) is 6.01. The fourth-order valence-corrected chi connectivity index (χ4v) is 8.47. The van der Waals surface area contributed by atoms with Crippen molar-refractivity contribution in [1.29, 1.82) is 0 Å². The second-order valence-electron chi connectivity index (χ2n) is 9.28. The lowest BCUT2D eigenvalue weighted by molar-refractivity contribution is -0.0155. The van der Waals surface area contributed by atoms with Crippen LogP contribution in [0.25, 0.3) is 0 Å². The van der Waals surface area contributed by atoms with Crippen molar-refractivity contribution in [3.8, 4) is 0 Å². The van der Waals surface area contributed by atoms with Gasteiger partial charge >= 0.3 is 0 Å². The average Bonchev–Trinajstić information content (AvgIpc) is 3.38. The summed E-state index contributed by atoms with van der Waals surface area (Å²) in [4.78, 5) is 6.26. The molecule has 138 valence electrons. The van der Waals surface area contributed by atoms with Crippen LogP contribution in [0.3, 0.4) is 0 Å². The van der Waals surface area contributed by atoms with E-state index in [0.717, 1.165) is 30.0 Å². The van der Waals surface area contributed by atoms with Gasteiger partial charge in [0.25, 0.3) is 0 Å². The molecular weight excluding hydrogens is 308 g/mol. The Morgan fingerprint density at radius 2 is 0.667 bits per heavy atom. The van der Waals surface area contributed by atoms with Gasteiger partial charge in [-0.15, -0.1) is 0 Å². The molecule has 0 aromatic rings. The fraction of sp³-hybridized carbons (Fsp3) is 1.00. The SMILES string of the molecule is [SiH3]C(N(C1CCCC1)C1CCCC1)N(C1CCCC1)C1CCCC1. The van der Waals surface area contributed by atoms with Gasteiger partial charge in [-0.2, -0.15) is 0 Å². The van der Waals surface area contributed by atoms with Gasteiger partial charge in [0.15, 0.2) is 0 Å². The van der Waals surface area contributed by atoms with E-state index in [2.05, 4.69) is 9.80 Å². The van der Waals surface area contributed by atoms with Crippen LogP contribution in [-0.4, -0.2) is 50.0 Å².